The lowest BCUT2D eigenvalue weighted by molar-refractivity contribution is 0.0946. The standard InChI is InChI=1S/C13H18BrN3O/c1-3-15-11-10(6-9(14)7-16-11)12(18)17-8-13(2)4-5-13/h6-7H,3-5,8H2,1-2H3,(H,15,16)(H,17,18). The Kier molecular flexibility index (Phi) is 3.90. The molecule has 2 N–H and O–H groups in total. The van der Waals surface area contributed by atoms with Crippen LogP contribution in [-0.4, -0.2) is 24.0 Å². The van der Waals surface area contributed by atoms with E-state index in [2.05, 4.69) is 38.5 Å². The molecule has 5 heteroatoms. The quantitative estimate of drug-likeness (QED) is 0.879. The van der Waals surface area contributed by atoms with Gasteiger partial charge in [0, 0.05) is 23.8 Å². The molecule has 1 aromatic rings. The highest BCUT2D eigenvalue weighted by Crippen LogP contribution is 2.44. The van der Waals surface area contributed by atoms with Crippen molar-refractivity contribution in [3.8, 4) is 0 Å². The molecular formula is C13H18BrN3O. The summed E-state index contributed by atoms with van der Waals surface area (Å²) < 4.78 is 0.812. The first kappa shape index (κ1) is 13.3. The maximum Gasteiger partial charge on any atom is 0.255 e. The third kappa shape index (κ3) is 3.22. The summed E-state index contributed by atoms with van der Waals surface area (Å²) in [5, 5.41) is 6.09. The van der Waals surface area contributed by atoms with Gasteiger partial charge in [-0.05, 0) is 47.2 Å². The SMILES string of the molecule is CCNc1ncc(Br)cc1C(=O)NCC1(C)CC1. The van der Waals surface area contributed by atoms with Gasteiger partial charge in [-0.3, -0.25) is 4.79 Å². The van der Waals surface area contributed by atoms with Crippen molar-refractivity contribution in [1.29, 1.82) is 0 Å². The normalized spacial score (nSPS) is 16.2. The number of amides is 1. The van der Waals surface area contributed by atoms with E-state index in [0.29, 0.717) is 16.8 Å². The van der Waals surface area contributed by atoms with Crippen molar-refractivity contribution in [2.45, 2.75) is 26.7 Å². The topological polar surface area (TPSA) is 54.0 Å². The molecule has 0 radical (unpaired) electrons. The van der Waals surface area contributed by atoms with Crippen LogP contribution in [0.3, 0.4) is 0 Å². The van der Waals surface area contributed by atoms with E-state index in [1.807, 2.05) is 6.92 Å². The number of rotatable bonds is 5. The Bertz CT molecular complexity index is 458. The average Bonchev–Trinajstić information content (AvgIpc) is 3.07. The van der Waals surface area contributed by atoms with Gasteiger partial charge in [0.2, 0.25) is 0 Å². The minimum atomic E-state index is -0.0622. The molecule has 1 saturated carbocycles. The highest BCUT2D eigenvalue weighted by atomic mass is 79.9. The molecule has 18 heavy (non-hydrogen) atoms. The van der Waals surface area contributed by atoms with Gasteiger partial charge in [0.15, 0.2) is 0 Å². The largest absolute Gasteiger partial charge is 0.370 e. The lowest BCUT2D eigenvalue weighted by Gasteiger charge is -2.13. The average molecular weight is 312 g/mol. The van der Waals surface area contributed by atoms with Gasteiger partial charge in [-0.2, -0.15) is 0 Å². The molecule has 0 spiro atoms. The van der Waals surface area contributed by atoms with Crippen molar-refractivity contribution in [3.63, 3.8) is 0 Å². The lowest BCUT2D eigenvalue weighted by Crippen LogP contribution is -2.29. The number of hydrogen-bond donors (Lipinski definition) is 2. The first-order valence-corrected chi connectivity index (χ1v) is 7.01. The van der Waals surface area contributed by atoms with Crippen LogP contribution in [0.1, 0.15) is 37.0 Å². The number of aromatic nitrogens is 1. The predicted molar refractivity (Wildman–Crippen MR) is 75.8 cm³/mol. The highest BCUT2D eigenvalue weighted by molar-refractivity contribution is 9.10. The Hall–Kier alpha value is -1.10. The third-order valence-electron chi connectivity index (χ3n) is 3.22. The van der Waals surface area contributed by atoms with E-state index in [1.54, 1.807) is 12.3 Å². The van der Waals surface area contributed by atoms with Crippen LogP contribution in [-0.2, 0) is 0 Å². The minimum Gasteiger partial charge on any atom is -0.370 e. The maximum absolute atomic E-state index is 12.2. The molecule has 0 bridgehead atoms. The van der Waals surface area contributed by atoms with Crippen molar-refractivity contribution in [2.24, 2.45) is 5.41 Å². The van der Waals surface area contributed by atoms with E-state index in [4.69, 9.17) is 0 Å². The van der Waals surface area contributed by atoms with Gasteiger partial charge in [-0.1, -0.05) is 6.92 Å². The number of carbonyl (C=O) groups is 1. The number of anilines is 1. The molecule has 2 rings (SSSR count). The third-order valence-corrected chi connectivity index (χ3v) is 3.66. The molecular weight excluding hydrogens is 294 g/mol. The smallest absolute Gasteiger partial charge is 0.255 e. The molecule has 0 atom stereocenters. The second-order valence-electron chi connectivity index (χ2n) is 5.07. The molecule has 1 aliphatic carbocycles. The van der Waals surface area contributed by atoms with E-state index >= 15 is 0 Å². The molecule has 1 aliphatic rings. The van der Waals surface area contributed by atoms with Gasteiger partial charge >= 0.3 is 0 Å². The number of halogens is 1. The summed E-state index contributed by atoms with van der Waals surface area (Å²) >= 11 is 3.35. The fourth-order valence-electron chi connectivity index (χ4n) is 1.70. The Morgan fingerprint density at radius 3 is 2.89 bits per heavy atom. The van der Waals surface area contributed by atoms with Crippen LogP contribution in [0.25, 0.3) is 0 Å². The van der Waals surface area contributed by atoms with Crippen LogP contribution in [0.15, 0.2) is 16.7 Å². The van der Waals surface area contributed by atoms with Gasteiger partial charge in [-0.25, -0.2) is 4.98 Å². The van der Waals surface area contributed by atoms with Crippen LogP contribution in [0.4, 0.5) is 5.82 Å². The van der Waals surface area contributed by atoms with Crippen molar-refractivity contribution in [1.82, 2.24) is 10.3 Å². The van der Waals surface area contributed by atoms with E-state index in [9.17, 15) is 4.79 Å². The van der Waals surface area contributed by atoms with Crippen LogP contribution >= 0.6 is 15.9 Å². The maximum atomic E-state index is 12.2. The fourth-order valence-corrected chi connectivity index (χ4v) is 2.03. The molecule has 1 amide bonds. The fraction of sp³-hybridized carbons (Fsp3) is 0.538. The number of pyridine rings is 1. The van der Waals surface area contributed by atoms with Crippen LogP contribution in [0, 0.1) is 5.41 Å². The highest BCUT2D eigenvalue weighted by Gasteiger charge is 2.37. The first-order chi connectivity index (χ1) is 8.54. The second-order valence-corrected chi connectivity index (χ2v) is 5.99. The minimum absolute atomic E-state index is 0.0622. The summed E-state index contributed by atoms with van der Waals surface area (Å²) in [5.74, 6) is 0.576. The summed E-state index contributed by atoms with van der Waals surface area (Å²) in [5.41, 5.74) is 0.906. The Morgan fingerprint density at radius 2 is 2.28 bits per heavy atom. The molecule has 0 aliphatic heterocycles. The Morgan fingerprint density at radius 1 is 1.56 bits per heavy atom. The molecule has 0 aromatic carbocycles. The molecule has 4 nitrogen and oxygen atoms in total. The van der Waals surface area contributed by atoms with E-state index in [1.165, 1.54) is 12.8 Å². The van der Waals surface area contributed by atoms with Gasteiger partial charge in [0.1, 0.15) is 5.82 Å². The van der Waals surface area contributed by atoms with Gasteiger partial charge in [0.05, 0.1) is 5.56 Å². The zero-order valence-corrected chi connectivity index (χ0v) is 12.3. The predicted octanol–water partition coefficient (Wildman–Crippen LogP) is 2.81. The molecule has 1 fully saturated rings. The lowest BCUT2D eigenvalue weighted by atomic mass is 10.1. The van der Waals surface area contributed by atoms with Gasteiger partial charge in [-0.15, -0.1) is 0 Å². The summed E-state index contributed by atoms with van der Waals surface area (Å²) in [7, 11) is 0. The van der Waals surface area contributed by atoms with Crippen molar-refractivity contribution in [3.05, 3.63) is 22.3 Å². The Balaban J connectivity index is 2.09. The molecule has 0 saturated heterocycles. The van der Waals surface area contributed by atoms with Crippen molar-refractivity contribution < 1.29 is 4.79 Å². The van der Waals surface area contributed by atoms with E-state index < -0.39 is 0 Å². The van der Waals surface area contributed by atoms with Crippen molar-refractivity contribution in [2.75, 3.05) is 18.4 Å². The summed E-state index contributed by atoms with van der Waals surface area (Å²) in [6, 6.07) is 1.80. The first-order valence-electron chi connectivity index (χ1n) is 6.22. The molecule has 98 valence electrons. The van der Waals surface area contributed by atoms with E-state index in [0.717, 1.165) is 17.6 Å². The summed E-state index contributed by atoms with van der Waals surface area (Å²) in [6.45, 7) is 5.66. The van der Waals surface area contributed by atoms with Gasteiger partial charge in [0.25, 0.3) is 5.91 Å². The van der Waals surface area contributed by atoms with Crippen LogP contribution < -0.4 is 10.6 Å². The number of carbonyl (C=O) groups excluding carboxylic acids is 1. The zero-order chi connectivity index (χ0) is 13.2. The number of nitrogens with zero attached hydrogens (tertiary/aromatic N) is 1. The summed E-state index contributed by atoms with van der Waals surface area (Å²) in [6.07, 6.45) is 4.09. The molecule has 1 aromatic heterocycles. The second kappa shape index (κ2) is 5.26. The van der Waals surface area contributed by atoms with E-state index in [-0.39, 0.29) is 5.91 Å². The van der Waals surface area contributed by atoms with Crippen molar-refractivity contribution >= 4 is 27.7 Å². The van der Waals surface area contributed by atoms with Crippen LogP contribution in [0.5, 0.6) is 0 Å². The molecule has 0 unspecified atom stereocenters. The van der Waals surface area contributed by atoms with Crippen LogP contribution in [0.2, 0.25) is 0 Å². The Labute approximate surface area is 116 Å². The number of nitrogens with one attached hydrogen (secondary N) is 2. The summed E-state index contributed by atoms with van der Waals surface area (Å²) in [4.78, 5) is 16.4. The zero-order valence-electron chi connectivity index (χ0n) is 10.7. The number of hydrogen-bond acceptors (Lipinski definition) is 3. The van der Waals surface area contributed by atoms with Gasteiger partial charge < -0.3 is 10.6 Å². The molecule has 1 heterocycles. The monoisotopic (exact) mass is 311 g/mol.